The first kappa shape index (κ1) is 15.9. The second-order valence-corrected chi connectivity index (χ2v) is 6.03. The Hall–Kier alpha value is -1.46. The number of nitrogens with zero attached hydrogens (tertiary/aromatic N) is 2. The van der Waals surface area contributed by atoms with E-state index in [-0.39, 0.29) is 23.9 Å². The van der Waals surface area contributed by atoms with Crippen LogP contribution in [-0.2, 0) is 11.3 Å². The van der Waals surface area contributed by atoms with Crippen LogP contribution in [-0.4, -0.2) is 41.0 Å². The van der Waals surface area contributed by atoms with E-state index >= 15 is 0 Å². The lowest BCUT2D eigenvalue weighted by atomic mass is 10.0. The zero-order valence-corrected chi connectivity index (χ0v) is 13.0. The van der Waals surface area contributed by atoms with Crippen LogP contribution in [0.5, 0.6) is 0 Å². The highest BCUT2D eigenvalue weighted by Gasteiger charge is 2.24. The molecule has 0 aliphatic carbocycles. The van der Waals surface area contributed by atoms with Crippen LogP contribution in [0.3, 0.4) is 0 Å². The molecule has 1 aromatic heterocycles. The SMILES string of the molecule is CC(N)C(C)C(=O)NC1CCN(Cc2ccccn2)CC1. The molecule has 21 heavy (non-hydrogen) atoms. The third kappa shape index (κ3) is 4.79. The van der Waals surface area contributed by atoms with Crippen LogP contribution in [0.1, 0.15) is 32.4 Å². The molecule has 1 amide bonds. The molecule has 3 N–H and O–H groups in total. The van der Waals surface area contributed by atoms with Gasteiger partial charge in [-0.05, 0) is 31.9 Å². The fourth-order valence-electron chi connectivity index (χ4n) is 2.53. The number of amides is 1. The van der Waals surface area contributed by atoms with Crippen LogP contribution in [0.25, 0.3) is 0 Å². The predicted octanol–water partition coefficient (Wildman–Crippen LogP) is 1.15. The van der Waals surface area contributed by atoms with Gasteiger partial charge in [0, 0.05) is 43.8 Å². The monoisotopic (exact) mass is 290 g/mol. The number of carbonyl (C=O) groups is 1. The molecule has 1 aliphatic heterocycles. The summed E-state index contributed by atoms with van der Waals surface area (Å²) >= 11 is 0. The van der Waals surface area contributed by atoms with Crippen molar-refractivity contribution < 1.29 is 4.79 Å². The molecule has 1 aromatic rings. The van der Waals surface area contributed by atoms with Gasteiger partial charge in [0.25, 0.3) is 0 Å². The van der Waals surface area contributed by atoms with Crippen molar-refractivity contribution in [1.29, 1.82) is 0 Å². The highest BCUT2D eigenvalue weighted by Crippen LogP contribution is 2.13. The van der Waals surface area contributed by atoms with Crippen molar-refractivity contribution in [2.45, 2.75) is 45.3 Å². The fraction of sp³-hybridized carbons (Fsp3) is 0.625. The minimum atomic E-state index is -0.128. The zero-order valence-electron chi connectivity index (χ0n) is 13.0. The molecule has 2 unspecified atom stereocenters. The van der Waals surface area contributed by atoms with Gasteiger partial charge in [-0.15, -0.1) is 0 Å². The van der Waals surface area contributed by atoms with Crippen molar-refractivity contribution in [3.8, 4) is 0 Å². The van der Waals surface area contributed by atoms with Gasteiger partial charge in [-0.25, -0.2) is 0 Å². The number of piperidine rings is 1. The summed E-state index contributed by atoms with van der Waals surface area (Å²) in [6.45, 7) is 6.63. The molecule has 1 saturated heterocycles. The first-order chi connectivity index (χ1) is 10.1. The summed E-state index contributed by atoms with van der Waals surface area (Å²) in [5.41, 5.74) is 6.88. The summed E-state index contributed by atoms with van der Waals surface area (Å²) in [5, 5.41) is 3.12. The van der Waals surface area contributed by atoms with E-state index in [1.54, 1.807) is 0 Å². The average Bonchev–Trinajstić information content (AvgIpc) is 2.49. The zero-order chi connectivity index (χ0) is 15.2. The molecule has 5 nitrogen and oxygen atoms in total. The summed E-state index contributed by atoms with van der Waals surface area (Å²) in [4.78, 5) is 18.8. The van der Waals surface area contributed by atoms with Crippen LogP contribution in [0.4, 0.5) is 0 Å². The number of carbonyl (C=O) groups excluding carboxylic acids is 1. The van der Waals surface area contributed by atoms with E-state index in [1.807, 2.05) is 32.2 Å². The van der Waals surface area contributed by atoms with Crippen molar-refractivity contribution in [1.82, 2.24) is 15.2 Å². The lowest BCUT2D eigenvalue weighted by molar-refractivity contribution is -0.126. The standard InChI is InChI=1S/C16H26N4O/c1-12(13(2)17)16(21)19-14-6-9-20(10-7-14)11-15-5-3-4-8-18-15/h3-5,8,12-14H,6-7,9-11,17H2,1-2H3,(H,19,21). The van der Waals surface area contributed by atoms with Gasteiger partial charge in [-0.2, -0.15) is 0 Å². The van der Waals surface area contributed by atoms with Gasteiger partial charge >= 0.3 is 0 Å². The molecular formula is C16H26N4O. The predicted molar refractivity (Wildman–Crippen MR) is 83.5 cm³/mol. The highest BCUT2D eigenvalue weighted by atomic mass is 16.1. The van der Waals surface area contributed by atoms with Gasteiger partial charge in [0.1, 0.15) is 0 Å². The van der Waals surface area contributed by atoms with E-state index < -0.39 is 0 Å². The maximum Gasteiger partial charge on any atom is 0.224 e. The van der Waals surface area contributed by atoms with Gasteiger partial charge in [-0.3, -0.25) is 14.7 Å². The highest BCUT2D eigenvalue weighted by molar-refractivity contribution is 5.79. The lowest BCUT2D eigenvalue weighted by Crippen LogP contribution is -2.48. The summed E-state index contributed by atoms with van der Waals surface area (Å²) < 4.78 is 0. The first-order valence-corrected chi connectivity index (χ1v) is 7.74. The molecule has 116 valence electrons. The van der Waals surface area contributed by atoms with E-state index in [0.717, 1.165) is 38.2 Å². The van der Waals surface area contributed by atoms with E-state index in [2.05, 4.69) is 21.3 Å². The van der Waals surface area contributed by atoms with E-state index in [4.69, 9.17) is 5.73 Å². The summed E-state index contributed by atoms with van der Waals surface area (Å²) in [6.07, 6.45) is 3.81. The van der Waals surface area contributed by atoms with Crippen molar-refractivity contribution in [3.05, 3.63) is 30.1 Å². The Morgan fingerprint density at radius 2 is 2.14 bits per heavy atom. The number of hydrogen-bond donors (Lipinski definition) is 2. The summed E-state index contributed by atoms with van der Waals surface area (Å²) in [5.74, 6) is -0.0512. The Morgan fingerprint density at radius 1 is 1.43 bits per heavy atom. The molecule has 0 bridgehead atoms. The number of likely N-dealkylation sites (tertiary alicyclic amines) is 1. The number of rotatable bonds is 5. The lowest BCUT2D eigenvalue weighted by Gasteiger charge is -2.32. The maximum atomic E-state index is 12.0. The van der Waals surface area contributed by atoms with Crippen LogP contribution in [0.15, 0.2) is 24.4 Å². The number of hydrogen-bond acceptors (Lipinski definition) is 4. The molecule has 2 rings (SSSR count). The molecule has 1 aliphatic rings. The van der Waals surface area contributed by atoms with Crippen LogP contribution in [0.2, 0.25) is 0 Å². The molecule has 1 fully saturated rings. The molecule has 5 heteroatoms. The minimum Gasteiger partial charge on any atom is -0.353 e. The third-order valence-electron chi connectivity index (χ3n) is 4.25. The molecule has 2 atom stereocenters. The van der Waals surface area contributed by atoms with E-state index in [0.29, 0.717) is 0 Å². The van der Waals surface area contributed by atoms with Crippen molar-refractivity contribution in [3.63, 3.8) is 0 Å². The van der Waals surface area contributed by atoms with Gasteiger partial charge in [0.15, 0.2) is 0 Å². The van der Waals surface area contributed by atoms with Crippen molar-refractivity contribution >= 4 is 5.91 Å². The second kappa shape index (κ2) is 7.52. The second-order valence-electron chi connectivity index (χ2n) is 6.03. The Morgan fingerprint density at radius 3 is 2.71 bits per heavy atom. The van der Waals surface area contributed by atoms with Gasteiger partial charge in [0.2, 0.25) is 5.91 Å². The van der Waals surface area contributed by atoms with Gasteiger partial charge in [0.05, 0.1) is 5.69 Å². The molecule has 0 saturated carbocycles. The first-order valence-electron chi connectivity index (χ1n) is 7.74. The third-order valence-corrected chi connectivity index (χ3v) is 4.25. The number of nitrogens with one attached hydrogen (secondary N) is 1. The fourth-order valence-corrected chi connectivity index (χ4v) is 2.53. The number of aromatic nitrogens is 1. The molecule has 0 radical (unpaired) electrons. The Bertz CT molecular complexity index is 441. The molecule has 0 aromatic carbocycles. The van der Waals surface area contributed by atoms with Gasteiger partial charge in [-0.1, -0.05) is 13.0 Å². The summed E-state index contributed by atoms with van der Waals surface area (Å²) in [6, 6.07) is 6.18. The van der Waals surface area contributed by atoms with Crippen molar-refractivity contribution in [2.24, 2.45) is 11.7 Å². The topological polar surface area (TPSA) is 71.2 Å². The molecule has 2 heterocycles. The maximum absolute atomic E-state index is 12.0. The Labute approximate surface area is 126 Å². The van der Waals surface area contributed by atoms with Gasteiger partial charge < -0.3 is 11.1 Å². The van der Waals surface area contributed by atoms with Crippen LogP contribution >= 0.6 is 0 Å². The van der Waals surface area contributed by atoms with Crippen LogP contribution < -0.4 is 11.1 Å². The van der Waals surface area contributed by atoms with E-state index in [1.165, 1.54) is 0 Å². The Balaban J connectivity index is 1.74. The smallest absolute Gasteiger partial charge is 0.224 e. The molecular weight excluding hydrogens is 264 g/mol. The van der Waals surface area contributed by atoms with Crippen molar-refractivity contribution in [2.75, 3.05) is 13.1 Å². The molecule has 0 spiro atoms. The average molecular weight is 290 g/mol. The Kier molecular flexibility index (Phi) is 5.70. The minimum absolute atomic E-state index is 0.0770. The quantitative estimate of drug-likeness (QED) is 0.853. The van der Waals surface area contributed by atoms with Crippen LogP contribution in [0, 0.1) is 5.92 Å². The summed E-state index contributed by atoms with van der Waals surface area (Å²) in [7, 11) is 0. The number of nitrogens with two attached hydrogens (primary N) is 1. The normalized spacial score (nSPS) is 20.0. The largest absolute Gasteiger partial charge is 0.353 e. The number of pyridine rings is 1. The van der Waals surface area contributed by atoms with E-state index in [9.17, 15) is 4.79 Å².